The van der Waals surface area contributed by atoms with Crippen LogP contribution in [0.25, 0.3) is 0 Å². The first-order chi connectivity index (χ1) is 10.3. The first kappa shape index (κ1) is 13.9. The zero-order valence-electron chi connectivity index (χ0n) is 11.4. The number of nitrogens with zero attached hydrogens (tertiary/aromatic N) is 3. The van der Waals surface area contributed by atoms with Crippen LogP contribution in [0.15, 0.2) is 36.5 Å². The van der Waals surface area contributed by atoms with Crippen molar-refractivity contribution >= 4 is 17.9 Å². The van der Waals surface area contributed by atoms with Crippen LogP contribution in [0.4, 0.5) is 4.79 Å². The number of alkyl carbamates (subject to hydrolysis) is 1. The molecule has 7 heteroatoms. The number of cyclic esters (lactones) is 1. The average Bonchev–Trinajstić information content (AvgIpc) is 3.10. The van der Waals surface area contributed by atoms with Crippen LogP contribution in [0.3, 0.4) is 0 Å². The molecule has 1 aromatic heterocycles. The Labute approximate surface area is 126 Å². The molecule has 0 saturated carbocycles. The van der Waals surface area contributed by atoms with Gasteiger partial charge in [-0.1, -0.05) is 35.5 Å². The molecule has 6 nitrogen and oxygen atoms in total. The highest BCUT2D eigenvalue weighted by Gasteiger charge is 2.23. The molecule has 1 aliphatic heterocycles. The highest BCUT2D eigenvalue weighted by Crippen LogP contribution is 2.16. The summed E-state index contributed by atoms with van der Waals surface area (Å²) in [6, 6.07) is 10.3. The second-order valence-electron chi connectivity index (χ2n) is 4.82. The zero-order valence-corrected chi connectivity index (χ0v) is 12.3. The highest BCUT2D eigenvalue weighted by atomic mass is 32.2. The lowest BCUT2D eigenvalue weighted by Gasteiger charge is -2.05. The second-order valence-corrected chi connectivity index (χ2v) is 5.80. The Morgan fingerprint density at radius 2 is 2.19 bits per heavy atom. The van der Waals surface area contributed by atoms with Gasteiger partial charge in [0.15, 0.2) is 0 Å². The van der Waals surface area contributed by atoms with Crippen molar-refractivity contribution in [2.45, 2.75) is 24.2 Å². The SMILES string of the molecule is O=C1NCC(Cn2cc(CSCc3ccccc3)nn2)O1. The summed E-state index contributed by atoms with van der Waals surface area (Å²) in [4.78, 5) is 10.9. The fourth-order valence-electron chi connectivity index (χ4n) is 2.08. The van der Waals surface area contributed by atoms with E-state index < -0.39 is 0 Å². The van der Waals surface area contributed by atoms with Gasteiger partial charge >= 0.3 is 6.09 Å². The largest absolute Gasteiger partial charge is 0.442 e. The second kappa shape index (κ2) is 6.62. The van der Waals surface area contributed by atoms with Crippen LogP contribution in [-0.4, -0.2) is 33.7 Å². The number of rotatable bonds is 6. The van der Waals surface area contributed by atoms with E-state index in [0.717, 1.165) is 17.2 Å². The van der Waals surface area contributed by atoms with Crippen LogP contribution in [0.5, 0.6) is 0 Å². The quantitative estimate of drug-likeness (QED) is 0.881. The summed E-state index contributed by atoms with van der Waals surface area (Å²) in [6.45, 7) is 1.06. The molecule has 110 valence electrons. The number of amides is 1. The number of hydrogen-bond donors (Lipinski definition) is 1. The Morgan fingerprint density at radius 3 is 2.95 bits per heavy atom. The van der Waals surface area contributed by atoms with Crippen LogP contribution < -0.4 is 5.32 Å². The van der Waals surface area contributed by atoms with E-state index in [4.69, 9.17) is 4.74 Å². The van der Waals surface area contributed by atoms with Crippen molar-refractivity contribution in [1.82, 2.24) is 20.3 Å². The number of benzene rings is 1. The highest BCUT2D eigenvalue weighted by molar-refractivity contribution is 7.97. The first-order valence-corrected chi connectivity index (χ1v) is 7.90. The van der Waals surface area contributed by atoms with Gasteiger partial charge in [-0.25, -0.2) is 9.48 Å². The van der Waals surface area contributed by atoms with Gasteiger partial charge in [0.05, 0.1) is 18.8 Å². The molecule has 1 fully saturated rings. The van der Waals surface area contributed by atoms with Gasteiger partial charge < -0.3 is 10.1 Å². The molecule has 0 spiro atoms. The van der Waals surface area contributed by atoms with Gasteiger partial charge in [-0.05, 0) is 5.56 Å². The Balaban J connectivity index is 1.45. The maximum Gasteiger partial charge on any atom is 0.407 e. The van der Waals surface area contributed by atoms with Gasteiger partial charge in [-0.2, -0.15) is 11.8 Å². The standard InChI is InChI=1S/C14H16N4O2S/c19-14-15-6-13(20-14)8-18-7-12(16-17-18)10-21-9-11-4-2-1-3-5-11/h1-5,7,13H,6,8-10H2,(H,15,19). The van der Waals surface area contributed by atoms with E-state index in [-0.39, 0.29) is 12.2 Å². The normalized spacial score (nSPS) is 17.5. The van der Waals surface area contributed by atoms with Crippen LogP contribution >= 0.6 is 11.8 Å². The molecule has 1 N–H and O–H groups in total. The Hall–Kier alpha value is -2.02. The molecule has 2 heterocycles. The number of ether oxygens (including phenoxy) is 1. The average molecular weight is 304 g/mol. The number of carbonyl (C=O) groups excluding carboxylic acids is 1. The molecule has 1 saturated heterocycles. The summed E-state index contributed by atoms with van der Waals surface area (Å²) in [5.74, 6) is 1.77. The Kier molecular flexibility index (Phi) is 4.40. The summed E-state index contributed by atoms with van der Waals surface area (Å²) >= 11 is 1.80. The van der Waals surface area contributed by atoms with Gasteiger partial charge in [0.25, 0.3) is 0 Å². The van der Waals surface area contributed by atoms with E-state index in [1.807, 2.05) is 24.4 Å². The Morgan fingerprint density at radius 1 is 1.33 bits per heavy atom. The van der Waals surface area contributed by atoms with Gasteiger partial charge in [-0.15, -0.1) is 5.10 Å². The molecular formula is C14H16N4O2S. The molecule has 1 unspecified atom stereocenters. The van der Waals surface area contributed by atoms with Crippen LogP contribution in [0.1, 0.15) is 11.3 Å². The summed E-state index contributed by atoms with van der Waals surface area (Å²) in [5, 5.41) is 10.8. The molecule has 1 aromatic carbocycles. The minimum absolute atomic E-state index is 0.163. The molecule has 1 atom stereocenters. The number of hydrogen-bond acceptors (Lipinski definition) is 5. The third kappa shape index (κ3) is 3.98. The molecule has 3 rings (SSSR count). The predicted octanol–water partition coefficient (Wildman–Crippen LogP) is 1.82. The molecule has 1 aliphatic rings. The third-order valence-corrected chi connectivity index (χ3v) is 4.12. The maximum absolute atomic E-state index is 10.9. The minimum Gasteiger partial charge on any atom is -0.442 e. The monoisotopic (exact) mass is 304 g/mol. The molecule has 1 amide bonds. The van der Waals surface area contributed by atoms with Crippen molar-refractivity contribution in [3.63, 3.8) is 0 Å². The topological polar surface area (TPSA) is 69.0 Å². The number of thioether (sulfide) groups is 1. The van der Waals surface area contributed by atoms with E-state index >= 15 is 0 Å². The molecule has 2 aromatic rings. The lowest BCUT2D eigenvalue weighted by atomic mass is 10.2. The molecule has 0 bridgehead atoms. The van der Waals surface area contributed by atoms with Gasteiger partial charge in [0, 0.05) is 17.7 Å². The fraction of sp³-hybridized carbons (Fsp3) is 0.357. The summed E-state index contributed by atoms with van der Waals surface area (Å²) < 4.78 is 6.80. The molecule has 21 heavy (non-hydrogen) atoms. The van der Waals surface area contributed by atoms with Crippen molar-refractivity contribution in [3.05, 3.63) is 47.8 Å². The lowest BCUT2D eigenvalue weighted by Crippen LogP contribution is -2.20. The van der Waals surface area contributed by atoms with E-state index in [2.05, 4.69) is 27.8 Å². The summed E-state index contributed by atoms with van der Waals surface area (Å²) in [7, 11) is 0. The van der Waals surface area contributed by atoms with E-state index in [1.54, 1.807) is 16.4 Å². The third-order valence-electron chi connectivity index (χ3n) is 3.09. The Bertz CT molecular complexity index is 602. The smallest absolute Gasteiger partial charge is 0.407 e. The van der Waals surface area contributed by atoms with Crippen LogP contribution in [0, 0.1) is 0 Å². The number of carbonyl (C=O) groups is 1. The van der Waals surface area contributed by atoms with Crippen molar-refractivity contribution in [2.24, 2.45) is 0 Å². The van der Waals surface area contributed by atoms with E-state index in [9.17, 15) is 4.79 Å². The van der Waals surface area contributed by atoms with Crippen molar-refractivity contribution in [3.8, 4) is 0 Å². The zero-order chi connectivity index (χ0) is 14.5. The van der Waals surface area contributed by atoms with Crippen molar-refractivity contribution < 1.29 is 9.53 Å². The van der Waals surface area contributed by atoms with Gasteiger partial charge in [0.2, 0.25) is 0 Å². The summed E-state index contributed by atoms with van der Waals surface area (Å²) in [5.41, 5.74) is 2.24. The molecule has 0 radical (unpaired) electrons. The van der Waals surface area contributed by atoms with E-state index in [1.165, 1.54) is 5.56 Å². The predicted molar refractivity (Wildman–Crippen MR) is 79.7 cm³/mol. The van der Waals surface area contributed by atoms with Crippen molar-refractivity contribution in [2.75, 3.05) is 6.54 Å². The molecule has 0 aliphatic carbocycles. The summed E-state index contributed by atoms with van der Waals surface area (Å²) in [6.07, 6.45) is 1.38. The first-order valence-electron chi connectivity index (χ1n) is 6.75. The van der Waals surface area contributed by atoms with Crippen LogP contribution in [-0.2, 0) is 22.8 Å². The van der Waals surface area contributed by atoms with Gasteiger partial charge in [-0.3, -0.25) is 0 Å². The van der Waals surface area contributed by atoms with Crippen LogP contribution in [0.2, 0.25) is 0 Å². The lowest BCUT2D eigenvalue weighted by molar-refractivity contribution is 0.128. The van der Waals surface area contributed by atoms with E-state index in [0.29, 0.717) is 13.1 Å². The number of nitrogens with one attached hydrogen (secondary N) is 1. The maximum atomic E-state index is 10.9. The van der Waals surface area contributed by atoms with Crippen molar-refractivity contribution in [1.29, 1.82) is 0 Å². The minimum atomic E-state index is -0.362. The van der Waals surface area contributed by atoms with Gasteiger partial charge in [0.1, 0.15) is 6.10 Å². The fourth-order valence-corrected chi connectivity index (χ4v) is 2.96. The molecular weight excluding hydrogens is 288 g/mol. The number of aromatic nitrogens is 3.